The molecular formula is C19H16ClN3OS. The summed E-state index contributed by atoms with van der Waals surface area (Å²) in [5, 5.41) is 5.14. The van der Waals surface area contributed by atoms with Gasteiger partial charge in [0, 0.05) is 39.7 Å². The van der Waals surface area contributed by atoms with Gasteiger partial charge in [-0.3, -0.25) is 4.90 Å². The summed E-state index contributed by atoms with van der Waals surface area (Å²) in [7, 11) is 0. The minimum absolute atomic E-state index is 0.111. The molecule has 4 nitrogen and oxygen atoms in total. The molecule has 126 valence electrons. The summed E-state index contributed by atoms with van der Waals surface area (Å²) >= 11 is 7.92. The van der Waals surface area contributed by atoms with Crippen molar-refractivity contribution in [2.24, 2.45) is 0 Å². The molecule has 1 N–H and O–H groups in total. The minimum Gasteiger partial charge on any atom is -0.468 e. The maximum absolute atomic E-state index is 6.23. The number of rotatable bonds is 3. The van der Waals surface area contributed by atoms with Crippen molar-refractivity contribution in [3.8, 4) is 0 Å². The number of halogens is 1. The Morgan fingerprint density at radius 3 is 3.12 bits per heavy atom. The van der Waals surface area contributed by atoms with Crippen molar-refractivity contribution in [3.63, 3.8) is 0 Å². The topological polar surface area (TPSA) is 45.1 Å². The lowest BCUT2D eigenvalue weighted by molar-refractivity contribution is 0.186. The molecule has 5 rings (SSSR count). The molecule has 0 amide bonds. The van der Waals surface area contributed by atoms with Crippen LogP contribution in [0.25, 0.3) is 10.9 Å². The minimum atomic E-state index is 0.111. The van der Waals surface area contributed by atoms with Gasteiger partial charge in [-0.05, 0) is 42.3 Å². The van der Waals surface area contributed by atoms with E-state index in [2.05, 4.69) is 27.0 Å². The van der Waals surface area contributed by atoms with Crippen LogP contribution >= 0.6 is 22.9 Å². The van der Waals surface area contributed by atoms with Crippen LogP contribution in [0.1, 0.15) is 28.1 Å². The molecule has 0 saturated carbocycles. The van der Waals surface area contributed by atoms with Crippen molar-refractivity contribution >= 4 is 33.8 Å². The summed E-state index contributed by atoms with van der Waals surface area (Å²) in [5.41, 5.74) is 3.72. The first kappa shape index (κ1) is 15.2. The van der Waals surface area contributed by atoms with Crippen LogP contribution in [0.5, 0.6) is 0 Å². The van der Waals surface area contributed by atoms with Gasteiger partial charge in [0.2, 0.25) is 0 Å². The van der Waals surface area contributed by atoms with Crippen molar-refractivity contribution in [2.75, 3.05) is 6.54 Å². The van der Waals surface area contributed by atoms with E-state index in [1.807, 2.05) is 29.8 Å². The quantitative estimate of drug-likeness (QED) is 0.551. The largest absolute Gasteiger partial charge is 0.468 e. The molecule has 4 aromatic rings. The molecule has 0 aliphatic carbocycles. The average Bonchev–Trinajstić information content (AvgIpc) is 3.35. The zero-order valence-corrected chi connectivity index (χ0v) is 15.0. The van der Waals surface area contributed by atoms with Crippen LogP contribution in [-0.4, -0.2) is 21.4 Å². The number of hydrogen-bond donors (Lipinski definition) is 1. The van der Waals surface area contributed by atoms with Gasteiger partial charge in [-0.25, -0.2) is 4.98 Å². The Balaban J connectivity index is 1.64. The molecular weight excluding hydrogens is 354 g/mol. The van der Waals surface area contributed by atoms with E-state index in [0.717, 1.165) is 40.8 Å². The molecule has 0 saturated heterocycles. The Morgan fingerprint density at radius 2 is 2.32 bits per heavy atom. The average molecular weight is 370 g/mol. The maximum atomic E-state index is 6.23. The van der Waals surface area contributed by atoms with Gasteiger partial charge in [0.15, 0.2) is 0 Å². The lowest BCUT2D eigenvalue weighted by Crippen LogP contribution is -2.35. The number of nitrogens with zero attached hydrogens (tertiary/aromatic N) is 2. The van der Waals surface area contributed by atoms with Crippen molar-refractivity contribution in [1.29, 1.82) is 0 Å². The lowest BCUT2D eigenvalue weighted by atomic mass is 9.97. The highest BCUT2D eigenvalue weighted by molar-refractivity contribution is 7.09. The standard InChI is InChI=1S/C19H16ClN3OS/c20-12-3-4-16-15(10-12)14-5-7-23(11-13-2-1-8-24-13)18(17(14)22-16)19-21-6-9-25-19/h1-4,6,8-10,18,22H,5,7,11H2. The van der Waals surface area contributed by atoms with E-state index in [4.69, 9.17) is 16.0 Å². The van der Waals surface area contributed by atoms with Gasteiger partial charge in [-0.2, -0.15) is 0 Å². The number of thiazole rings is 1. The third kappa shape index (κ3) is 2.59. The third-order valence-corrected chi connectivity index (χ3v) is 5.88. The van der Waals surface area contributed by atoms with E-state index in [9.17, 15) is 0 Å². The molecule has 6 heteroatoms. The smallest absolute Gasteiger partial charge is 0.117 e. The highest BCUT2D eigenvalue weighted by Crippen LogP contribution is 2.40. The molecule has 4 heterocycles. The van der Waals surface area contributed by atoms with Gasteiger partial charge in [-0.15, -0.1) is 11.3 Å². The van der Waals surface area contributed by atoms with Crippen molar-refractivity contribution in [3.05, 3.63) is 75.2 Å². The van der Waals surface area contributed by atoms with E-state index >= 15 is 0 Å². The zero-order chi connectivity index (χ0) is 16.8. The number of furan rings is 1. The summed E-state index contributed by atoms with van der Waals surface area (Å²) in [4.78, 5) is 10.7. The number of aromatic nitrogens is 2. The molecule has 1 aromatic carbocycles. The van der Waals surface area contributed by atoms with E-state index in [0.29, 0.717) is 0 Å². The van der Waals surface area contributed by atoms with E-state index in [-0.39, 0.29) is 6.04 Å². The molecule has 0 radical (unpaired) electrons. The summed E-state index contributed by atoms with van der Waals surface area (Å²) in [6, 6.07) is 10.1. The van der Waals surface area contributed by atoms with Gasteiger partial charge in [-0.1, -0.05) is 11.6 Å². The molecule has 1 aliphatic heterocycles. The Hall–Kier alpha value is -2.08. The van der Waals surface area contributed by atoms with Crippen LogP contribution in [0.15, 0.2) is 52.6 Å². The second-order valence-electron chi connectivity index (χ2n) is 6.28. The Bertz CT molecular complexity index is 1010. The molecule has 1 unspecified atom stereocenters. The predicted molar refractivity (Wildman–Crippen MR) is 100 cm³/mol. The molecule has 0 spiro atoms. The first-order valence-corrected chi connectivity index (χ1v) is 9.51. The normalized spacial score (nSPS) is 17.9. The molecule has 0 fully saturated rings. The third-order valence-electron chi connectivity index (χ3n) is 4.81. The number of benzene rings is 1. The van der Waals surface area contributed by atoms with Crippen molar-refractivity contribution < 1.29 is 4.42 Å². The highest BCUT2D eigenvalue weighted by Gasteiger charge is 2.33. The van der Waals surface area contributed by atoms with Gasteiger partial charge >= 0.3 is 0 Å². The fourth-order valence-corrected chi connectivity index (χ4v) is 4.68. The lowest BCUT2D eigenvalue weighted by Gasteiger charge is -2.34. The second kappa shape index (κ2) is 6.02. The van der Waals surface area contributed by atoms with Gasteiger partial charge in [0.1, 0.15) is 16.8 Å². The first-order chi connectivity index (χ1) is 12.3. The Morgan fingerprint density at radius 1 is 1.36 bits per heavy atom. The maximum Gasteiger partial charge on any atom is 0.117 e. The van der Waals surface area contributed by atoms with E-state index in [1.165, 1.54) is 16.6 Å². The van der Waals surface area contributed by atoms with Crippen LogP contribution in [0, 0.1) is 0 Å². The van der Waals surface area contributed by atoms with Crippen molar-refractivity contribution in [1.82, 2.24) is 14.9 Å². The summed E-state index contributed by atoms with van der Waals surface area (Å²) < 4.78 is 5.58. The highest BCUT2D eigenvalue weighted by atomic mass is 35.5. The first-order valence-electron chi connectivity index (χ1n) is 8.25. The van der Waals surface area contributed by atoms with Gasteiger partial charge in [0.25, 0.3) is 0 Å². The van der Waals surface area contributed by atoms with Gasteiger partial charge < -0.3 is 9.40 Å². The number of H-pyrrole nitrogens is 1. The Labute approximate surface area is 154 Å². The van der Waals surface area contributed by atoms with Crippen LogP contribution in [0.2, 0.25) is 5.02 Å². The number of hydrogen-bond acceptors (Lipinski definition) is 4. The molecule has 0 bridgehead atoms. The number of nitrogens with one attached hydrogen (secondary N) is 1. The predicted octanol–water partition coefficient (Wildman–Crippen LogP) is 5.02. The molecule has 25 heavy (non-hydrogen) atoms. The fraction of sp³-hybridized carbons (Fsp3) is 0.211. The summed E-state index contributed by atoms with van der Waals surface area (Å²) in [6.07, 6.45) is 4.59. The monoisotopic (exact) mass is 369 g/mol. The van der Waals surface area contributed by atoms with Crippen LogP contribution < -0.4 is 0 Å². The van der Waals surface area contributed by atoms with Crippen molar-refractivity contribution in [2.45, 2.75) is 19.0 Å². The molecule has 1 aliphatic rings. The molecule has 1 atom stereocenters. The molecule has 3 aromatic heterocycles. The van der Waals surface area contributed by atoms with E-state index in [1.54, 1.807) is 17.6 Å². The van der Waals surface area contributed by atoms with Gasteiger partial charge in [0.05, 0.1) is 12.8 Å². The van der Waals surface area contributed by atoms with E-state index < -0.39 is 0 Å². The number of aromatic amines is 1. The SMILES string of the molecule is Clc1ccc2[nH]c3c(c2c1)CCN(Cc1ccco1)C3c1nccs1. The summed E-state index contributed by atoms with van der Waals surface area (Å²) in [6.45, 7) is 1.73. The van der Waals surface area contributed by atoms with Crippen LogP contribution in [0.3, 0.4) is 0 Å². The van der Waals surface area contributed by atoms with Crippen LogP contribution in [-0.2, 0) is 13.0 Å². The zero-order valence-electron chi connectivity index (χ0n) is 13.4. The Kier molecular flexibility index (Phi) is 3.66. The van der Waals surface area contributed by atoms with Crippen LogP contribution in [0.4, 0.5) is 0 Å². The second-order valence-corrected chi connectivity index (χ2v) is 7.64. The summed E-state index contributed by atoms with van der Waals surface area (Å²) in [5.74, 6) is 0.976. The fourth-order valence-electron chi connectivity index (χ4n) is 3.73. The number of fused-ring (bicyclic) bond motifs is 3.